The van der Waals surface area contributed by atoms with E-state index in [0.717, 1.165) is 12.1 Å². The Balaban J connectivity index is 1.63. The average molecular weight is 477 g/mol. The topological polar surface area (TPSA) is 108 Å². The number of nitrogens with one attached hydrogen (secondary N) is 2. The van der Waals surface area contributed by atoms with Gasteiger partial charge in [0.2, 0.25) is 21.8 Å². The van der Waals surface area contributed by atoms with E-state index in [9.17, 15) is 22.4 Å². The van der Waals surface area contributed by atoms with Crippen LogP contribution in [0.2, 0.25) is 0 Å². The van der Waals surface area contributed by atoms with Gasteiger partial charge in [-0.15, -0.1) is 0 Å². The summed E-state index contributed by atoms with van der Waals surface area (Å²) in [7, 11) is -3.85. The highest BCUT2D eigenvalue weighted by Gasteiger charge is 2.35. The number of sulfonamides is 1. The second kappa shape index (κ2) is 10.8. The van der Waals surface area contributed by atoms with Crippen molar-refractivity contribution in [2.24, 2.45) is 11.8 Å². The van der Waals surface area contributed by atoms with Crippen LogP contribution in [-0.4, -0.2) is 48.7 Å². The van der Waals surface area contributed by atoms with Crippen LogP contribution >= 0.6 is 0 Å². The first-order valence-electron chi connectivity index (χ1n) is 10.9. The van der Waals surface area contributed by atoms with Gasteiger partial charge in [-0.1, -0.05) is 19.9 Å². The molecule has 0 bridgehead atoms. The Morgan fingerprint density at radius 2 is 1.91 bits per heavy atom. The number of nitrogens with zero attached hydrogens (tertiary/aromatic N) is 2. The third-order valence-electron chi connectivity index (χ3n) is 5.62. The Morgan fingerprint density at radius 3 is 2.55 bits per heavy atom. The molecule has 1 aromatic carbocycles. The molecule has 2 atom stereocenters. The van der Waals surface area contributed by atoms with Gasteiger partial charge in [0.1, 0.15) is 11.9 Å². The van der Waals surface area contributed by atoms with Gasteiger partial charge in [-0.25, -0.2) is 12.8 Å². The molecule has 178 valence electrons. The summed E-state index contributed by atoms with van der Waals surface area (Å²) in [4.78, 5) is 29.8. The summed E-state index contributed by atoms with van der Waals surface area (Å²) in [5.41, 5.74) is 0.702. The minimum absolute atomic E-state index is 0.00587. The Bertz CT molecular complexity index is 1060. The lowest BCUT2D eigenvalue weighted by atomic mass is 9.96. The number of benzene rings is 1. The third-order valence-corrected chi connectivity index (χ3v) is 7.50. The van der Waals surface area contributed by atoms with Crippen LogP contribution in [0.1, 0.15) is 32.4 Å². The number of amides is 2. The Morgan fingerprint density at radius 1 is 1.18 bits per heavy atom. The van der Waals surface area contributed by atoms with Gasteiger partial charge in [0.25, 0.3) is 0 Å². The van der Waals surface area contributed by atoms with Crippen LogP contribution in [0.4, 0.5) is 4.39 Å². The quantitative estimate of drug-likeness (QED) is 0.607. The van der Waals surface area contributed by atoms with Gasteiger partial charge in [0.15, 0.2) is 0 Å². The van der Waals surface area contributed by atoms with Crippen LogP contribution in [0.5, 0.6) is 0 Å². The molecule has 1 aromatic heterocycles. The lowest BCUT2D eigenvalue weighted by molar-refractivity contribution is -0.132. The van der Waals surface area contributed by atoms with Crippen LogP contribution in [-0.2, 0) is 26.2 Å². The van der Waals surface area contributed by atoms with E-state index in [0.29, 0.717) is 18.5 Å². The van der Waals surface area contributed by atoms with E-state index in [1.54, 1.807) is 18.3 Å². The minimum atomic E-state index is -3.85. The van der Waals surface area contributed by atoms with E-state index < -0.39 is 27.8 Å². The molecular weight excluding hydrogens is 447 g/mol. The summed E-state index contributed by atoms with van der Waals surface area (Å²) in [6, 6.07) is 9.27. The molecule has 1 fully saturated rings. The van der Waals surface area contributed by atoms with Crippen molar-refractivity contribution < 1.29 is 22.4 Å². The normalized spacial score (nSPS) is 18.0. The van der Waals surface area contributed by atoms with Crippen molar-refractivity contribution in [3.8, 4) is 0 Å². The molecule has 3 rings (SSSR count). The summed E-state index contributed by atoms with van der Waals surface area (Å²) in [6.45, 7) is 4.19. The van der Waals surface area contributed by atoms with Crippen molar-refractivity contribution in [3.63, 3.8) is 0 Å². The zero-order valence-electron chi connectivity index (χ0n) is 18.7. The van der Waals surface area contributed by atoms with E-state index >= 15 is 0 Å². The molecule has 0 spiro atoms. The molecular formula is C23H29FN4O4S. The second-order valence-electron chi connectivity index (χ2n) is 8.43. The number of carbonyl (C=O) groups is 2. The summed E-state index contributed by atoms with van der Waals surface area (Å²) < 4.78 is 40.3. The van der Waals surface area contributed by atoms with Crippen molar-refractivity contribution in [2.45, 2.75) is 44.2 Å². The van der Waals surface area contributed by atoms with Crippen molar-refractivity contribution in [2.75, 3.05) is 13.1 Å². The van der Waals surface area contributed by atoms with E-state index in [-0.39, 0.29) is 42.3 Å². The fraction of sp³-hybridized carbons (Fsp3) is 0.435. The molecule has 1 aliphatic rings. The number of pyridine rings is 1. The number of piperidine rings is 1. The monoisotopic (exact) mass is 476 g/mol. The molecule has 10 heteroatoms. The predicted molar refractivity (Wildman–Crippen MR) is 121 cm³/mol. The molecule has 8 nitrogen and oxygen atoms in total. The fourth-order valence-corrected chi connectivity index (χ4v) is 5.25. The molecule has 2 unspecified atom stereocenters. The zero-order chi connectivity index (χ0) is 24.0. The minimum Gasteiger partial charge on any atom is -0.349 e. The number of hydrogen-bond acceptors (Lipinski definition) is 5. The highest BCUT2D eigenvalue weighted by atomic mass is 32.2. The standard InChI is InChI=1S/C23H29FN4O4S/c1-16(2)21(23(30)26-14-19-7-3-4-12-25-19)27-22(29)17-6-5-13-28(15-17)33(31,32)20-10-8-18(24)9-11-20/h3-4,7-12,16-17,21H,5-6,13-15H2,1-2H3,(H,26,30)(H,27,29). The number of rotatable bonds is 8. The van der Waals surface area contributed by atoms with Crippen LogP contribution in [0.25, 0.3) is 0 Å². The first kappa shape index (κ1) is 24.8. The second-order valence-corrected chi connectivity index (χ2v) is 10.4. The summed E-state index contributed by atoms with van der Waals surface area (Å²) >= 11 is 0. The van der Waals surface area contributed by atoms with Crippen LogP contribution in [0.3, 0.4) is 0 Å². The molecule has 2 N–H and O–H groups in total. The summed E-state index contributed by atoms with van der Waals surface area (Å²) in [5.74, 6) is -1.96. The molecule has 33 heavy (non-hydrogen) atoms. The van der Waals surface area contributed by atoms with Gasteiger partial charge in [0, 0.05) is 19.3 Å². The third kappa shape index (κ3) is 6.35. The van der Waals surface area contributed by atoms with Crippen LogP contribution in [0.15, 0.2) is 53.6 Å². The predicted octanol–water partition coefficient (Wildman–Crippen LogP) is 2.08. The summed E-state index contributed by atoms with van der Waals surface area (Å²) in [5, 5.41) is 5.59. The highest BCUT2D eigenvalue weighted by molar-refractivity contribution is 7.89. The number of carbonyl (C=O) groups excluding carboxylic acids is 2. The maximum absolute atomic E-state index is 13.2. The smallest absolute Gasteiger partial charge is 0.243 e. The molecule has 0 aliphatic carbocycles. The highest BCUT2D eigenvalue weighted by Crippen LogP contribution is 2.24. The molecule has 2 aromatic rings. The van der Waals surface area contributed by atoms with E-state index in [1.165, 1.54) is 16.4 Å². The van der Waals surface area contributed by atoms with Crippen molar-refractivity contribution in [3.05, 3.63) is 60.2 Å². The van der Waals surface area contributed by atoms with Crippen LogP contribution in [0, 0.1) is 17.7 Å². The maximum atomic E-state index is 13.2. The van der Waals surface area contributed by atoms with Crippen molar-refractivity contribution in [1.82, 2.24) is 19.9 Å². The maximum Gasteiger partial charge on any atom is 0.243 e. The Kier molecular flexibility index (Phi) is 8.15. The van der Waals surface area contributed by atoms with Gasteiger partial charge in [-0.3, -0.25) is 14.6 Å². The van der Waals surface area contributed by atoms with E-state index in [1.807, 2.05) is 19.9 Å². The molecule has 1 saturated heterocycles. The van der Waals surface area contributed by atoms with Gasteiger partial charge in [0.05, 0.1) is 23.1 Å². The van der Waals surface area contributed by atoms with E-state index in [4.69, 9.17) is 0 Å². The molecule has 0 saturated carbocycles. The van der Waals surface area contributed by atoms with Gasteiger partial charge in [-0.05, 0) is 55.2 Å². The molecule has 0 radical (unpaired) electrons. The lowest BCUT2D eigenvalue weighted by Gasteiger charge is -2.32. The number of halogens is 1. The van der Waals surface area contributed by atoms with E-state index in [2.05, 4.69) is 15.6 Å². The SMILES string of the molecule is CC(C)C(NC(=O)C1CCCN(S(=O)(=O)c2ccc(F)cc2)C1)C(=O)NCc1ccccn1. The number of aromatic nitrogens is 1. The fourth-order valence-electron chi connectivity index (χ4n) is 3.73. The van der Waals surface area contributed by atoms with Crippen LogP contribution < -0.4 is 10.6 Å². The average Bonchev–Trinajstić information content (AvgIpc) is 2.81. The first-order chi connectivity index (χ1) is 15.7. The largest absolute Gasteiger partial charge is 0.349 e. The number of hydrogen-bond donors (Lipinski definition) is 2. The molecule has 2 heterocycles. The van der Waals surface area contributed by atoms with Crippen molar-refractivity contribution in [1.29, 1.82) is 0 Å². The zero-order valence-corrected chi connectivity index (χ0v) is 19.5. The Labute approximate surface area is 193 Å². The molecule has 2 amide bonds. The first-order valence-corrected chi connectivity index (χ1v) is 12.4. The lowest BCUT2D eigenvalue weighted by Crippen LogP contribution is -2.53. The molecule has 1 aliphatic heterocycles. The van der Waals surface area contributed by atoms with Crippen molar-refractivity contribution >= 4 is 21.8 Å². The summed E-state index contributed by atoms with van der Waals surface area (Å²) in [6.07, 6.45) is 2.66. The Hall–Kier alpha value is -2.85. The van der Waals surface area contributed by atoms with Gasteiger partial charge in [-0.2, -0.15) is 4.31 Å². The van der Waals surface area contributed by atoms with Gasteiger partial charge < -0.3 is 10.6 Å². The van der Waals surface area contributed by atoms with Gasteiger partial charge >= 0.3 is 0 Å².